The van der Waals surface area contributed by atoms with Crippen LogP contribution >= 0.6 is 0 Å². The van der Waals surface area contributed by atoms with Crippen LogP contribution in [0.3, 0.4) is 0 Å². The molecule has 0 spiro atoms. The van der Waals surface area contributed by atoms with Gasteiger partial charge in [-0.2, -0.15) is 9.29 Å². The molecular weight excluding hydrogens is 390 g/mol. The zero-order valence-corrected chi connectivity index (χ0v) is 17.2. The molecule has 152 valence electrons. The monoisotopic (exact) mass is 413 g/mol. The maximum absolute atomic E-state index is 13.0. The predicted molar refractivity (Wildman–Crippen MR) is 108 cm³/mol. The largest absolute Gasteiger partial charge is 0.496 e. The van der Waals surface area contributed by atoms with E-state index in [-0.39, 0.29) is 5.92 Å². The molecule has 0 saturated carbocycles. The highest BCUT2D eigenvalue weighted by Gasteiger charge is 2.33. The van der Waals surface area contributed by atoms with Gasteiger partial charge in [0.25, 0.3) is 0 Å². The summed E-state index contributed by atoms with van der Waals surface area (Å²) in [6.07, 6.45) is 1.54. The maximum atomic E-state index is 13.0. The topological polar surface area (TPSA) is 85.5 Å². The minimum atomic E-state index is -3.55. The number of hydrogen-bond acceptors (Lipinski definition) is 6. The normalized spacial score (nSPS) is 17.9. The average molecular weight is 413 g/mol. The fourth-order valence-corrected chi connectivity index (χ4v) is 5.09. The minimum absolute atomic E-state index is 0.139. The second-order valence-electron chi connectivity index (χ2n) is 7.17. The van der Waals surface area contributed by atoms with Crippen molar-refractivity contribution in [3.63, 3.8) is 0 Å². The van der Waals surface area contributed by atoms with E-state index >= 15 is 0 Å². The summed E-state index contributed by atoms with van der Waals surface area (Å²) < 4.78 is 38.4. The molecule has 0 amide bonds. The lowest BCUT2D eigenvalue weighted by molar-refractivity contribution is 0.265. The molecule has 1 atom stereocenters. The summed E-state index contributed by atoms with van der Waals surface area (Å²) in [6.45, 7) is 2.74. The number of rotatable bonds is 5. The molecule has 7 nitrogen and oxygen atoms in total. The van der Waals surface area contributed by atoms with Crippen molar-refractivity contribution in [2.24, 2.45) is 0 Å². The molecule has 1 aliphatic heterocycles. The van der Waals surface area contributed by atoms with Gasteiger partial charge in [-0.3, -0.25) is 0 Å². The van der Waals surface area contributed by atoms with Gasteiger partial charge in [-0.1, -0.05) is 35.0 Å². The lowest BCUT2D eigenvalue weighted by Crippen LogP contribution is -2.39. The summed E-state index contributed by atoms with van der Waals surface area (Å²) in [6, 6.07) is 14.4. The Labute approximate surface area is 170 Å². The van der Waals surface area contributed by atoms with E-state index in [4.69, 9.17) is 9.26 Å². The molecule has 29 heavy (non-hydrogen) atoms. The van der Waals surface area contributed by atoms with Gasteiger partial charge in [0, 0.05) is 13.1 Å². The van der Waals surface area contributed by atoms with E-state index in [0.717, 1.165) is 24.0 Å². The van der Waals surface area contributed by atoms with Crippen molar-refractivity contribution < 1.29 is 17.7 Å². The number of ether oxygens (including phenoxy) is 1. The van der Waals surface area contributed by atoms with Crippen molar-refractivity contribution in [3.8, 4) is 17.1 Å². The van der Waals surface area contributed by atoms with Crippen LogP contribution in [-0.4, -0.2) is 43.1 Å². The molecule has 4 rings (SSSR count). The lowest BCUT2D eigenvalue weighted by Gasteiger charge is -2.30. The number of sulfonamides is 1. The van der Waals surface area contributed by atoms with Crippen molar-refractivity contribution in [3.05, 3.63) is 60.0 Å². The summed E-state index contributed by atoms with van der Waals surface area (Å²) in [7, 11) is -1.96. The van der Waals surface area contributed by atoms with E-state index in [1.165, 1.54) is 4.31 Å². The zero-order chi connectivity index (χ0) is 20.4. The van der Waals surface area contributed by atoms with E-state index in [0.29, 0.717) is 35.4 Å². The molecule has 0 unspecified atom stereocenters. The van der Waals surface area contributed by atoms with Crippen LogP contribution in [0.2, 0.25) is 0 Å². The van der Waals surface area contributed by atoms with Gasteiger partial charge < -0.3 is 9.26 Å². The van der Waals surface area contributed by atoms with Crippen LogP contribution < -0.4 is 4.74 Å². The number of methoxy groups -OCH3 is 1. The Morgan fingerprint density at radius 2 is 1.90 bits per heavy atom. The number of aryl methyl sites for hydroxylation is 1. The van der Waals surface area contributed by atoms with Gasteiger partial charge in [0.2, 0.25) is 21.7 Å². The number of benzene rings is 2. The number of piperidine rings is 1. The van der Waals surface area contributed by atoms with E-state index in [9.17, 15) is 8.42 Å². The molecule has 0 N–H and O–H groups in total. The number of para-hydroxylation sites is 1. The van der Waals surface area contributed by atoms with Gasteiger partial charge in [-0.15, -0.1) is 0 Å². The summed E-state index contributed by atoms with van der Waals surface area (Å²) >= 11 is 0. The Hall–Kier alpha value is -2.71. The second kappa shape index (κ2) is 7.96. The van der Waals surface area contributed by atoms with E-state index < -0.39 is 10.0 Å². The van der Waals surface area contributed by atoms with Crippen LogP contribution in [0.15, 0.2) is 57.9 Å². The van der Waals surface area contributed by atoms with Crippen LogP contribution in [0.5, 0.6) is 5.75 Å². The average Bonchev–Trinajstić information content (AvgIpc) is 3.24. The fourth-order valence-electron chi connectivity index (χ4n) is 3.56. The first-order valence-corrected chi connectivity index (χ1v) is 11.0. The fraction of sp³-hybridized carbons (Fsp3) is 0.333. The molecule has 1 aliphatic rings. The summed E-state index contributed by atoms with van der Waals surface area (Å²) in [4.78, 5) is 4.84. The molecule has 3 aromatic rings. The molecule has 1 fully saturated rings. The quantitative estimate of drug-likeness (QED) is 0.635. The van der Waals surface area contributed by atoms with Crippen LogP contribution in [0, 0.1) is 6.92 Å². The van der Waals surface area contributed by atoms with Crippen molar-refractivity contribution in [1.82, 2.24) is 14.4 Å². The van der Waals surface area contributed by atoms with Gasteiger partial charge >= 0.3 is 0 Å². The van der Waals surface area contributed by atoms with Crippen molar-refractivity contribution in [1.29, 1.82) is 0 Å². The third-order valence-corrected chi connectivity index (χ3v) is 7.06. The zero-order valence-electron chi connectivity index (χ0n) is 16.4. The number of aromatic nitrogens is 2. The van der Waals surface area contributed by atoms with Crippen LogP contribution in [0.1, 0.15) is 30.2 Å². The first-order chi connectivity index (χ1) is 14.0. The first-order valence-electron chi connectivity index (χ1n) is 9.53. The molecule has 2 aromatic carbocycles. The maximum Gasteiger partial charge on any atom is 0.243 e. The standard InChI is InChI=1S/C21H23N3O4S/c1-15-9-11-17(12-10-15)29(25,26)24-13-5-6-16(14-24)21-22-20(23-28-21)18-7-3-4-8-19(18)27-2/h3-4,7-12,16H,5-6,13-14H2,1-2H3/t16-/m1/s1. The van der Waals surface area contributed by atoms with Crippen LogP contribution in [-0.2, 0) is 10.0 Å². The van der Waals surface area contributed by atoms with Gasteiger partial charge in [0.05, 0.1) is 23.5 Å². The first kappa shape index (κ1) is 19.6. The predicted octanol–water partition coefficient (Wildman–Crippen LogP) is 3.62. The van der Waals surface area contributed by atoms with Crippen molar-refractivity contribution >= 4 is 10.0 Å². The van der Waals surface area contributed by atoms with Gasteiger partial charge in [-0.25, -0.2) is 8.42 Å². The van der Waals surface area contributed by atoms with Gasteiger partial charge in [-0.05, 0) is 44.0 Å². The van der Waals surface area contributed by atoms with E-state index in [2.05, 4.69) is 10.1 Å². The van der Waals surface area contributed by atoms with Crippen LogP contribution in [0.25, 0.3) is 11.4 Å². The highest BCUT2D eigenvalue weighted by atomic mass is 32.2. The molecule has 2 heterocycles. The summed E-state index contributed by atoms with van der Waals surface area (Å²) in [5.41, 5.74) is 1.76. The molecular formula is C21H23N3O4S. The Balaban J connectivity index is 1.56. The Morgan fingerprint density at radius 1 is 1.14 bits per heavy atom. The third-order valence-electron chi connectivity index (χ3n) is 5.18. The Kier molecular flexibility index (Phi) is 5.38. The molecule has 8 heteroatoms. The molecule has 1 saturated heterocycles. The van der Waals surface area contributed by atoms with Gasteiger partial charge in [0.15, 0.2) is 0 Å². The molecule has 1 aromatic heterocycles. The highest BCUT2D eigenvalue weighted by Crippen LogP contribution is 2.32. The minimum Gasteiger partial charge on any atom is -0.496 e. The highest BCUT2D eigenvalue weighted by molar-refractivity contribution is 7.89. The van der Waals surface area contributed by atoms with Crippen LogP contribution in [0.4, 0.5) is 0 Å². The third kappa shape index (κ3) is 3.90. The summed E-state index contributed by atoms with van der Waals surface area (Å²) in [5, 5.41) is 4.09. The lowest BCUT2D eigenvalue weighted by atomic mass is 10.00. The van der Waals surface area contributed by atoms with Gasteiger partial charge in [0.1, 0.15) is 5.75 Å². The Morgan fingerprint density at radius 3 is 2.66 bits per heavy atom. The Bertz CT molecular complexity index is 1090. The SMILES string of the molecule is COc1ccccc1-c1noc([C@@H]2CCCN(S(=O)(=O)c3ccc(C)cc3)C2)n1. The van der Waals surface area contributed by atoms with E-state index in [1.54, 1.807) is 19.2 Å². The second-order valence-corrected chi connectivity index (χ2v) is 9.11. The molecule has 0 aliphatic carbocycles. The number of nitrogens with zero attached hydrogens (tertiary/aromatic N) is 3. The molecule has 0 bridgehead atoms. The van der Waals surface area contributed by atoms with Crippen molar-refractivity contribution in [2.45, 2.75) is 30.6 Å². The summed E-state index contributed by atoms with van der Waals surface area (Å²) in [5.74, 6) is 1.41. The van der Waals surface area contributed by atoms with E-state index in [1.807, 2.05) is 43.3 Å². The van der Waals surface area contributed by atoms with Crippen molar-refractivity contribution in [2.75, 3.05) is 20.2 Å². The smallest absolute Gasteiger partial charge is 0.243 e. The molecule has 0 radical (unpaired) electrons. The number of hydrogen-bond donors (Lipinski definition) is 0.